The molecule has 0 spiro atoms. The average molecular weight is 194 g/mol. The van der Waals surface area contributed by atoms with Gasteiger partial charge in [-0.1, -0.05) is 0 Å². The van der Waals surface area contributed by atoms with E-state index in [2.05, 4.69) is 24.8 Å². The molecule has 0 rings (SSSR count). The average Bonchev–Trinajstić information content (AvgIpc) is 1.80. The van der Waals surface area contributed by atoms with E-state index < -0.39 is 0 Å². The summed E-state index contributed by atoms with van der Waals surface area (Å²) < 4.78 is 0. The molecule has 0 saturated heterocycles. The predicted molar refractivity (Wildman–Crippen MR) is 44.2 cm³/mol. The summed E-state index contributed by atoms with van der Waals surface area (Å²) in [6, 6.07) is 0. The molecule has 0 radical (unpaired) electrons. The molecular weight excluding hydrogens is 177 g/mol. The van der Waals surface area contributed by atoms with E-state index in [0.29, 0.717) is 0 Å². The zero-order chi connectivity index (χ0) is 7.11. The van der Waals surface area contributed by atoms with Crippen molar-refractivity contribution in [3.63, 3.8) is 0 Å². The van der Waals surface area contributed by atoms with Crippen molar-refractivity contribution >= 4 is 15.0 Å². The molecule has 0 aromatic rings. The first-order valence-electron chi connectivity index (χ1n) is 3.41. The first-order chi connectivity index (χ1) is 4.27. The van der Waals surface area contributed by atoms with Gasteiger partial charge in [-0.15, -0.1) is 0 Å². The van der Waals surface area contributed by atoms with Gasteiger partial charge in [0.05, 0.1) is 0 Å². The molecule has 9 heavy (non-hydrogen) atoms. The van der Waals surface area contributed by atoms with E-state index in [1.807, 2.05) is 0 Å². The molecule has 0 atom stereocenters. The molecule has 0 unspecified atom stereocenters. The first kappa shape index (κ1) is 9.48. The molecule has 0 aliphatic rings. The molecule has 0 amide bonds. The van der Waals surface area contributed by atoms with Crippen LogP contribution in [0.3, 0.4) is 0 Å². The quantitative estimate of drug-likeness (QED) is 0.473. The summed E-state index contributed by atoms with van der Waals surface area (Å²) in [4.78, 5) is 2.25. The molecule has 0 aliphatic carbocycles. The first-order valence-corrected chi connectivity index (χ1v) is 6.33. The van der Waals surface area contributed by atoms with Crippen molar-refractivity contribution in [2.24, 2.45) is 0 Å². The Morgan fingerprint density at radius 2 is 1.89 bits per heavy atom. The van der Waals surface area contributed by atoms with Gasteiger partial charge in [-0.2, -0.15) is 0 Å². The monoisotopic (exact) mass is 195 g/mol. The molecule has 0 aromatic heterocycles. The maximum absolute atomic E-state index is 2.31. The van der Waals surface area contributed by atoms with Crippen LogP contribution in [0.25, 0.3) is 0 Å². The summed E-state index contributed by atoms with van der Waals surface area (Å²) in [7, 11) is 4.27. The van der Waals surface area contributed by atoms with E-state index in [1.54, 1.807) is 0 Å². The number of hydrogen-bond donors (Lipinski definition) is 0. The molecule has 0 bridgehead atoms. The second-order valence-corrected chi connectivity index (χ2v) is 4.57. The zero-order valence-electron chi connectivity index (χ0n) is 6.68. The van der Waals surface area contributed by atoms with E-state index in [-0.39, 0.29) is 0 Å². The standard InChI is InChI=1S/C7H17NSe/c1-8(2)6-4-5-7-9-3/h4-7H2,1-3H3. The normalized spacial score (nSPS) is 10.7. The van der Waals surface area contributed by atoms with Crippen LogP contribution in [-0.2, 0) is 0 Å². The molecule has 0 aromatic carbocycles. The third-order valence-corrected chi connectivity index (χ3v) is 2.67. The maximum atomic E-state index is 2.31. The Morgan fingerprint density at radius 3 is 2.33 bits per heavy atom. The zero-order valence-corrected chi connectivity index (χ0v) is 8.40. The summed E-state index contributed by atoms with van der Waals surface area (Å²) in [5.41, 5.74) is 0. The van der Waals surface area contributed by atoms with Crippen LogP contribution in [0.5, 0.6) is 0 Å². The third-order valence-electron chi connectivity index (χ3n) is 1.20. The van der Waals surface area contributed by atoms with E-state index in [1.165, 1.54) is 24.7 Å². The van der Waals surface area contributed by atoms with Gasteiger partial charge < -0.3 is 0 Å². The molecule has 0 heterocycles. The SMILES string of the molecule is C[Se]CCCCN(C)C. The Labute approximate surface area is 65.0 Å². The number of nitrogens with zero attached hydrogens (tertiary/aromatic N) is 1. The topological polar surface area (TPSA) is 3.24 Å². The van der Waals surface area contributed by atoms with E-state index in [4.69, 9.17) is 0 Å². The van der Waals surface area contributed by atoms with Crippen molar-refractivity contribution in [1.82, 2.24) is 4.90 Å². The van der Waals surface area contributed by atoms with Gasteiger partial charge in [0.15, 0.2) is 0 Å². The molecule has 0 fully saturated rings. The molecule has 0 N–H and O–H groups in total. The minimum atomic E-state index is 0.895. The Morgan fingerprint density at radius 1 is 1.22 bits per heavy atom. The third kappa shape index (κ3) is 8.48. The molecule has 0 saturated carbocycles. The summed E-state index contributed by atoms with van der Waals surface area (Å²) in [5, 5.41) is 1.46. The van der Waals surface area contributed by atoms with Crippen molar-refractivity contribution in [3.8, 4) is 0 Å². The predicted octanol–water partition coefficient (Wildman–Crippen LogP) is 1.50. The Hall–Kier alpha value is 0.479. The summed E-state index contributed by atoms with van der Waals surface area (Å²) in [5.74, 6) is 2.31. The van der Waals surface area contributed by atoms with Crippen LogP contribution in [0.15, 0.2) is 0 Å². The number of unbranched alkanes of at least 4 members (excludes halogenated alkanes) is 1. The van der Waals surface area contributed by atoms with Crippen LogP contribution >= 0.6 is 0 Å². The van der Waals surface area contributed by atoms with Crippen molar-refractivity contribution in [1.29, 1.82) is 0 Å². The Balaban J connectivity index is 2.75. The second kappa shape index (κ2) is 6.60. The summed E-state index contributed by atoms with van der Waals surface area (Å²) in [6.07, 6.45) is 2.80. The molecule has 2 heteroatoms. The van der Waals surface area contributed by atoms with Crippen molar-refractivity contribution in [3.05, 3.63) is 0 Å². The number of hydrogen-bond acceptors (Lipinski definition) is 1. The van der Waals surface area contributed by atoms with Crippen LogP contribution in [0, 0.1) is 0 Å². The minimum absolute atomic E-state index is 0.895. The molecule has 0 aliphatic heterocycles. The fraction of sp³-hybridized carbons (Fsp3) is 1.00. The van der Waals surface area contributed by atoms with Gasteiger partial charge in [0.2, 0.25) is 0 Å². The van der Waals surface area contributed by atoms with Gasteiger partial charge >= 0.3 is 64.5 Å². The summed E-state index contributed by atoms with van der Waals surface area (Å²) in [6.45, 7) is 1.26. The van der Waals surface area contributed by atoms with Gasteiger partial charge in [0.1, 0.15) is 0 Å². The van der Waals surface area contributed by atoms with Crippen LogP contribution in [0.2, 0.25) is 11.1 Å². The van der Waals surface area contributed by atoms with E-state index >= 15 is 0 Å². The van der Waals surface area contributed by atoms with Gasteiger partial charge in [0.25, 0.3) is 0 Å². The van der Waals surface area contributed by atoms with Gasteiger partial charge in [0, 0.05) is 0 Å². The molecule has 56 valence electrons. The fourth-order valence-electron chi connectivity index (χ4n) is 0.674. The summed E-state index contributed by atoms with van der Waals surface area (Å²) >= 11 is 0.895. The Bertz CT molecular complexity index is 54.9. The van der Waals surface area contributed by atoms with Crippen LogP contribution in [0.1, 0.15) is 12.8 Å². The van der Waals surface area contributed by atoms with E-state index in [9.17, 15) is 0 Å². The number of rotatable bonds is 5. The van der Waals surface area contributed by atoms with Crippen LogP contribution in [-0.4, -0.2) is 40.5 Å². The van der Waals surface area contributed by atoms with Crippen molar-refractivity contribution < 1.29 is 0 Å². The van der Waals surface area contributed by atoms with Crippen molar-refractivity contribution in [2.75, 3.05) is 20.6 Å². The van der Waals surface area contributed by atoms with Gasteiger partial charge in [-0.25, -0.2) is 0 Å². The fourth-order valence-corrected chi connectivity index (χ4v) is 1.71. The molecular formula is C7H17NSe. The second-order valence-electron chi connectivity index (χ2n) is 2.50. The van der Waals surface area contributed by atoms with E-state index in [0.717, 1.165) is 15.0 Å². The van der Waals surface area contributed by atoms with Crippen molar-refractivity contribution in [2.45, 2.75) is 24.0 Å². The van der Waals surface area contributed by atoms with Gasteiger partial charge in [-0.3, -0.25) is 0 Å². The van der Waals surface area contributed by atoms with Crippen LogP contribution < -0.4 is 0 Å². The van der Waals surface area contributed by atoms with Crippen LogP contribution in [0.4, 0.5) is 0 Å². The Kier molecular flexibility index (Phi) is 6.95. The van der Waals surface area contributed by atoms with Gasteiger partial charge in [-0.05, 0) is 0 Å². The molecule has 1 nitrogen and oxygen atoms in total.